The highest BCUT2D eigenvalue weighted by Gasteiger charge is 2.12. The predicted molar refractivity (Wildman–Crippen MR) is 143 cm³/mol. The van der Waals surface area contributed by atoms with E-state index in [1.807, 2.05) is 49.4 Å². The number of aromatic nitrogens is 1. The van der Waals surface area contributed by atoms with Crippen molar-refractivity contribution in [3.8, 4) is 0 Å². The summed E-state index contributed by atoms with van der Waals surface area (Å²) in [6, 6.07) is 17.7. The van der Waals surface area contributed by atoms with E-state index < -0.39 is 5.97 Å². The molecule has 3 nitrogen and oxygen atoms in total. The number of para-hydroxylation sites is 1. The standard InChI is InChI=1S/C31H35NO2/c1-5-7-8-12-25(6-2)13-9-11-24(4)28-15-10-14-27-20-21-29(32-30(27)28)31(33)34-22-26-18-16-23(3)17-19-26/h8-21,25H,5-7,22H2,1-4H3/b12-8?,13-9-,24-11+. The zero-order valence-electron chi connectivity index (χ0n) is 20.8. The lowest BCUT2D eigenvalue weighted by Gasteiger charge is -2.09. The summed E-state index contributed by atoms with van der Waals surface area (Å²) >= 11 is 0. The third kappa shape index (κ3) is 7.02. The zero-order valence-corrected chi connectivity index (χ0v) is 20.8. The van der Waals surface area contributed by atoms with Gasteiger partial charge in [0, 0.05) is 10.9 Å². The topological polar surface area (TPSA) is 39.2 Å². The number of carbonyl (C=O) groups is 1. The Morgan fingerprint density at radius 3 is 2.56 bits per heavy atom. The molecule has 3 aromatic rings. The Morgan fingerprint density at radius 2 is 1.82 bits per heavy atom. The van der Waals surface area contributed by atoms with Gasteiger partial charge in [-0.1, -0.05) is 105 Å². The van der Waals surface area contributed by atoms with Crippen LogP contribution in [0.1, 0.15) is 67.2 Å². The zero-order chi connectivity index (χ0) is 24.3. The molecule has 0 spiro atoms. The predicted octanol–water partition coefficient (Wildman–Crippen LogP) is 8.24. The molecule has 34 heavy (non-hydrogen) atoms. The van der Waals surface area contributed by atoms with E-state index in [2.05, 4.69) is 62.2 Å². The largest absolute Gasteiger partial charge is 0.456 e. The molecule has 1 unspecified atom stereocenters. The van der Waals surface area contributed by atoms with E-state index in [4.69, 9.17) is 4.74 Å². The normalized spacial score (nSPS) is 13.1. The van der Waals surface area contributed by atoms with E-state index in [0.29, 0.717) is 11.6 Å². The summed E-state index contributed by atoms with van der Waals surface area (Å²) in [7, 11) is 0. The number of ether oxygens (including phenoxy) is 1. The van der Waals surface area contributed by atoms with Gasteiger partial charge in [0.2, 0.25) is 0 Å². The van der Waals surface area contributed by atoms with Gasteiger partial charge < -0.3 is 4.74 Å². The summed E-state index contributed by atoms with van der Waals surface area (Å²) in [6.45, 7) is 8.74. The molecule has 0 amide bonds. The Bertz CT molecular complexity index is 1190. The fourth-order valence-electron chi connectivity index (χ4n) is 3.69. The Hall–Kier alpha value is -3.46. The molecule has 0 radical (unpaired) electrons. The maximum absolute atomic E-state index is 12.7. The van der Waals surface area contributed by atoms with Gasteiger partial charge in [0.05, 0.1) is 5.52 Å². The highest BCUT2D eigenvalue weighted by Crippen LogP contribution is 2.24. The average molecular weight is 454 g/mol. The van der Waals surface area contributed by atoms with E-state index in [1.165, 1.54) is 12.0 Å². The number of rotatable bonds is 10. The summed E-state index contributed by atoms with van der Waals surface area (Å²) in [5.74, 6) is 0.0274. The Morgan fingerprint density at radius 1 is 1.03 bits per heavy atom. The third-order valence-corrected chi connectivity index (χ3v) is 5.86. The van der Waals surface area contributed by atoms with Gasteiger partial charge in [-0.15, -0.1) is 0 Å². The first-order chi connectivity index (χ1) is 16.5. The molecule has 1 atom stereocenters. The van der Waals surface area contributed by atoms with Crippen LogP contribution in [-0.4, -0.2) is 11.0 Å². The molecule has 0 aliphatic heterocycles. The molecule has 2 aromatic carbocycles. The van der Waals surface area contributed by atoms with Gasteiger partial charge in [0.1, 0.15) is 12.3 Å². The first kappa shape index (κ1) is 25.2. The van der Waals surface area contributed by atoms with Gasteiger partial charge in [0.15, 0.2) is 0 Å². The van der Waals surface area contributed by atoms with Gasteiger partial charge >= 0.3 is 5.97 Å². The van der Waals surface area contributed by atoms with Crippen molar-refractivity contribution in [2.75, 3.05) is 0 Å². The maximum atomic E-state index is 12.7. The van der Waals surface area contributed by atoms with E-state index in [-0.39, 0.29) is 6.61 Å². The van der Waals surface area contributed by atoms with Crippen LogP contribution in [-0.2, 0) is 11.3 Å². The maximum Gasteiger partial charge on any atom is 0.357 e. The first-order valence-electron chi connectivity index (χ1n) is 12.2. The number of benzene rings is 2. The summed E-state index contributed by atoms with van der Waals surface area (Å²) in [4.78, 5) is 17.4. The average Bonchev–Trinajstić information content (AvgIpc) is 2.86. The molecule has 0 N–H and O–H groups in total. The minimum atomic E-state index is -0.413. The second-order valence-corrected chi connectivity index (χ2v) is 8.66. The van der Waals surface area contributed by atoms with Gasteiger partial charge in [-0.05, 0) is 49.8 Å². The van der Waals surface area contributed by atoms with Crippen molar-refractivity contribution in [3.63, 3.8) is 0 Å². The number of unbranched alkanes of at least 4 members (excludes halogenated alkanes) is 1. The molecule has 1 heterocycles. The van der Waals surface area contributed by atoms with Crippen molar-refractivity contribution in [1.29, 1.82) is 0 Å². The van der Waals surface area contributed by atoms with Crippen LogP contribution in [0.15, 0.2) is 85.0 Å². The molecule has 0 aliphatic carbocycles. The lowest BCUT2D eigenvalue weighted by molar-refractivity contribution is 0.0466. The molecule has 3 rings (SSSR count). The summed E-state index contributed by atoms with van der Waals surface area (Å²) in [6.07, 6.45) is 14.4. The molecule has 0 saturated carbocycles. The number of aryl methyl sites for hydroxylation is 1. The number of fused-ring (bicyclic) bond motifs is 1. The van der Waals surface area contributed by atoms with Gasteiger partial charge in [-0.3, -0.25) is 0 Å². The number of hydrogen-bond donors (Lipinski definition) is 0. The van der Waals surface area contributed by atoms with E-state index in [0.717, 1.165) is 40.4 Å². The smallest absolute Gasteiger partial charge is 0.357 e. The Kier molecular flexibility index (Phi) is 9.40. The number of allylic oxidation sites excluding steroid dienone is 6. The van der Waals surface area contributed by atoms with Crippen LogP contribution in [0.25, 0.3) is 16.5 Å². The van der Waals surface area contributed by atoms with Crippen molar-refractivity contribution in [3.05, 3.63) is 107 Å². The van der Waals surface area contributed by atoms with Crippen LogP contribution in [0.3, 0.4) is 0 Å². The summed E-state index contributed by atoms with van der Waals surface area (Å²) < 4.78 is 5.51. The number of hydrogen-bond acceptors (Lipinski definition) is 3. The molecular weight excluding hydrogens is 418 g/mol. The Balaban J connectivity index is 1.78. The number of esters is 1. The lowest BCUT2D eigenvalue weighted by Crippen LogP contribution is -2.08. The molecular formula is C31H35NO2. The van der Waals surface area contributed by atoms with Gasteiger partial charge in [0.25, 0.3) is 0 Å². The molecule has 1 aromatic heterocycles. The molecule has 0 bridgehead atoms. The molecule has 0 aliphatic rings. The first-order valence-corrected chi connectivity index (χ1v) is 12.2. The van der Waals surface area contributed by atoms with E-state index in [9.17, 15) is 4.79 Å². The quantitative estimate of drug-likeness (QED) is 0.176. The minimum Gasteiger partial charge on any atom is -0.456 e. The van der Waals surface area contributed by atoms with Crippen LogP contribution >= 0.6 is 0 Å². The van der Waals surface area contributed by atoms with Crippen molar-refractivity contribution >= 4 is 22.4 Å². The van der Waals surface area contributed by atoms with Crippen molar-refractivity contribution < 1.29 is 9.53 Å². The Labute approximate surface area is 203 Å². The third-order valence-electron chi connectivity index (χ3n) is 5.86. The highest BCUT2D eigenvalue weighted by atomic mass is 16.5. The van der Waals surface area contributed by atoms with Crippen LogP contribution < -0.4 is 0 Å². The highest BCUT2D eigenvalue weighted by molar-refractivity contribution is 5.95. The summed E-state index contributed by atoms with van der Waals surface area (Å²) in [5.41, 5.74) is 5.39. The van der Waals surface area contributed by atoms with Crippen molar-refractivity contribution in [1.82, 2.24) is 4.98 Å². The van der Waals surface area contributed by atoms with Crippen molar-refractivity contribution in [2.45, 2.75) is 53.6 Å². The lowest BCUT2D eigenvalue weighted by atomic mass is 10.0. The minimum absolute atomic E-state index is 0.232. The van der Waals surface area contributed by atoms with Crippen LogP contribution in [0.2, 0.25) is 0 Å². The number of carbonyl (C=O) groups excluding carboxylic acids is 1. The van der Waals surface area contributed by atoms with Crippen LogP contribution in [0.5, 0.6) is 0 Å². The fourth-order valence-corrected chi connectivity index (χ4v) is 3.69. The van der Waals surface area contributed by atoms with Crippen molar-refractivity contribution in [2.24, 2.45) is 5.92 Å². The monoisotopic (exact) mass is 453 g/mol. The second kappa shape index (κ2) is 12.7. The molecule has 0 fully saturated rings. The van der Waals surface area contributed by atoms with Gasteiger partial charge in [-0.2, -0.15) is 0 Å². The number of nitrogens with zero attached hydrogens (tertiary/aromatic N) is 1. The van der Waals surface area contributed by atoms with E-state index >= 15 is 0 Å². The van der Waals surface area contributed by atoms with Crippen LogP contribution in [0, 0.1) is 12.8 Å². The molecule has 176 valence electrons. The molecule has 0 saturated heterocycles. The second-order valence-electron chi connectivity index (χ2n) is 8.66. The van der Waals surface area contributed by atoms with Gasteiger partial charge in [-0.25, -0.2) is 9.78 Å². The summed E-state index contributed by atoms with van der Waals surface area (Å²) in [5, 5.41) is 0.998. The van der Waals surface area contributed by atoms with E-state index in [1.54, 1.807) is 6.07 Å². The molecule has 3 heteroatoms. The number of pyridine rings is 1. The van der Waals surface area contributed by atoms with Crippen LogP contribution in [0.4, 0.5) is 0 Å². The SMILES string of the molecule is CCCC=CC(/C=C\C=C(/C)c1cccc2ccc(C(=O)OCc3ccc(C)cc3)nc12)CC. The fraction of sp³-hybridized carbons (Fsp3) is 0.290.